The number of esters is 1. The van der Waals surface area contributed by atoms with Crippen molar-refractivity contribution in [2.45, 2.75) is 243 Å². The molecule has 1 fully saturated rings. The first-order chi connectivity index (χ1) is 32.1. The van der Waals surface area contributed by atoms with Crippen LogP contribution in [0.25, 0.3) is 0 Å². The zero-order valence-corrected chi connectivity index (χ0v) is 42.1. The van der Waals surface area contributed by atoms with Crippen LogP contribution in [0.5, 0.6) is 0 Å². The molecule has 0 aliphatic carbocycles. The quantitative estimate of drug-likeness (QED) is 0.0197. The Morgan fingerprint density at radius 3 is 1.55 bits per heavy atom. The fourth-order valence-corrected chi connectivity index (χ4v) is 8.24. The molecule has 0 aromatic rings. The number of ether oxygens (including phenoxy) is 4. The Morgan fingerprint density at radius 2 is 1.05 bits per heavy atom. The number of rotatable bonds is 45. The number of carbonyl (C=O) groups excluding carboxylic acids is 1. The zero-order valence-electron chi connectivity index (χ0n) is 41.2. The first kappa shape index (κ1) is 61.8. The second-order valence-electron chi connectivity index (χ2n) is 17.7. The summed E-state index contributed by atoms with van der Waals surface area (Å²) < 4.78 is 59.1. The fourth-order valence-electron chi connectivity index (χ4n) is 7.73. The Bertz CT molecular complexity index is 1380. The predicted octanol–water partition coefficient (Wildman–Crippen LogP) is 12.1. The van der Waals surface area contributed by atoms with Crippen molar-refractivity contribution in [2.75, 3.05) is 26.4 Å². The Morgan fingerprint density at radius 1 is 0.591 bits per heavy atom. The van der Waals surface area contributed by atoms with Crippen molar-refractivity contribution in [2.24, 2.45) is 0 Å². The van der Waals surface area contributed by atoms with Gasteiger partial charge in [-0.05, 0) is 70.6 Å². The molecule has 1 aliphatic heterocycles. The Kier molecular flexibility index (Phi) is 41.2. The van der Waals surface area contributed by atoms with Crippen LogP contribution in [0, 0.1) is 0 Å². The monoisotopic (exact) mass is 955 g/mol. The third kappa shape index (κ3) is 36.8. The minimum atomic E-state index is -5.07. The molecule has 1 rings (SSSR count). The lowest BCUT2D eigenvalue weighted by Crippen LogP contribution is -2.60. The van der Waals surface area contributed by atoms with E-state index >= 15 is 0 Å². The second-order valence-corrected chi connectivity index (χ2v) is 18.8. The van der Waals surface area contributed by atoms with Crippen molar-refractivity contribution in [1.82, 2.24) is 0 Å². The predicted molar refractivity (Wildman–Crippen MR) is 266 cm³/mol. The zero-order chi connectivity index (χ0) is 48.2. The summed E-state index contributed by atoms with van der Waals surface area (Å²) in [5, 5.41) is 30.7. The van der Waals surface area contributed by atoms with Crippen molar-refractivity contribution in [3.05, 3.63) is 60.8 Å². The number of hydrogen-bond donors (Lipinski definition) is 4. The van der Waals surface area contributed by atoms with Crippen LogP contribution >= 0.6 is 0 Å². The van der Waals surface area contributed by atoms with Crippen LogP contribution in [0.1, 0.15) is 206 Å². The van der Waals surface area contributed by atoms with Crippen LogP contribution in [0.15, 0.2) is 60.8 Å². The summed E-state index contributed by atoms with van der Waals surface area (Å²) >= 11 is 0. The molecule has 0 bridgehead atoms. The van der Waals surface area contributed by atoms with Gasteiger partial charge in [-0.2, -0.15) is 8.42 Å². The van der Waals surface area contributed by atoms with Gasteiger partial charge in [0.05, 0.1) is 19.8 Å². The van der Waals surface area contributed by atoms with E-state index in [2.05, 4.69) is 78.8 Å². The van der Waals surface area contributed by atoms with Crippen LogP contribution < -0.4 is 0 Å². The lowest BCUT2D eigenvalue weighted by atomic mass is 9.99. The molecule has 384 valence electrons. The van der Waals surface area contributed by atoms with Gasteiger partial charge < -0.3 is 34.3 Å². The number of carbonyl (C=O) groups is 1. The number of aliphatic hydroxyl groups is 3. The van der Waals surface area contributed by atoms with E-state index in [1.165, 1.54) is 122 Å². The van der Waals surface area contributed by atoms with Gasteiger partial charge in [0.15, 0.2) is 6.29 Å². The van der Waals surface area contributed by atoms with Gasteiger partial charge in [0.2, 0.25) is 0 Å². The molecule has 6 atom stereocenters. The third-order valence-electron chi connectivity index (χ3n) is 11.6. The Balaban J connectivity index is 2.33. The Labute approximate surface area is 401 Å². The summed E-state index contributed by atoms with van der Waals surface area (Å²) in [6, 6.07) is 0. The molecule has 0 radical (unpaired) electrons. The molecule has 0 saturated carbocycles. The molecular formula is C53H94O12S. The summed E-state index contributed by atoms with van der Waals surface area (Å²) in [4.78, 5) is 12.9. The van der Waals surface area contributed by atoms with Gasteiger partial charge in [0, 0.05) is 13.0 Å². The summed E-state index contributed by atoms with van der Waals surface area (Å²) in [5.41, 5.74) is 0. The van der Waals surface area contributed by atoms with Crippen molar-refractivity contribution in [3.8, 4) is 0 Å². The average Bonchev–Trinajstić information content (AvgIpc) is 3.29. The molecule has 0 aromatic heterocycles. The first-order valence-corrected chi connectivity index (χ1v) is 27.4. The first-order valence-electron chi connectivity index (χ1n) is 26.0. The Hall–Kier alpha value is -2.20. The molecule has 13 heteroatoms. The molecule has 6 unspecified atom stereocenters. The highest BCUT2D eigenvalue weighted by atomic mass is 32.3. The molecule has 1 heterocycles. The van der Waals surface area contributed by atoms with Crippen LogP contribution in [0.3, 0.4) is 0 Å². The number of aliphatic hydroxyl groups excluding tert-OH is 3. The van der Waals surface area contributed by atoms with E-state index < -0.39 is 59.8 Å². The highest BCUT2D eigenvalue weighted by Gasteiger charge is 2.48. The normalized spacial score (nSPS) is 20.0. The smallest absolute Gasteiger partial charge is 0.397 e. The van der Waals surface area contributed by atoms with Gasteiger partial charge in [-0.25, -0.2) is 4.18 Å². The molecule has 0 aromatic carbocycles. The maximum atomic E-state index is 12.9. The SMILES string of the molecule is CC/C=C\C/C=C\C/C=C\C/C=C\CCCOCC(COC1OC(CO)C(O)C(OS(=O)(=O)O)C1O)OC(=O)CCCCCCCCCCCCCCC/C=C\CCCCCCCCCC. The number of unbranched alkanes of at least 4 members (excludes halogenated alkanes) is 22. The van der Waals surface area contributed by atoms with E-state index in [0.29, 0.717) is 13.0 Å². The standard InChI is InChI=1S/C53H94O12S/c1-3-5-7-9-11-13-15-17-19-20-21-22-23-24-25-26-27-28-29-30-32-34-36-38-40-42-49(55)63-47(45-61-43-41-39-37-35-33-31-18-16-14-12-10-8-6-4-2)46-62-53-51(57)52(65-66(58,59)60)50(56)48(44-54)64-53/h6,8,12,14,18,20-21,31,35,37,47-48,50-54,56-57H,3-5,7,9-11,13,15-17,19,22-30,32-34,36,38-46H2,1-2H3,(H,58,59,60)/b8-6-,14-12-,21-20-,31-18-,37-35-. The molecule has 4 N–H and O–H groups in total. The van der Waals surface area contributed by atoms with Gasteiger partial charge in [-0.3, -0.25) is 9.35 Å². The van der Waals surface area contributed by atoms with Crippen molar-refractivity contribution in [1.29, 1.82) is 0 Å². The van der Waals surface area contributed by atoms with Crippen molar-refractivity contribution < 1.29 is 56.2 Å². The van der Waals surface area contributed by atoms with Gasteiger partial charge in [-0.1, -0.05) is 190 Å². The van der Waals surface area contributed by atoms with Crippen LogP contribution in [-0.2, 0) is 38.3 Å². The van der Waals surface area contributed by atoms with E-state index in [0.717, 1.165) is 57.8 Å². The summed E-state index contributed by atoms with van der Waals surface area (Å²) in [5.74, 6) is -0.418. The van der Waals surface area contributed by atoms with Crippen molar-refractivity contribution in [3.63, 3.8) is 0 Å². The molecular weight excluding hydrogens is 861 g/mol. The minimum Gasteiger partial charge on any atom is -0.457 e. The highest BCUT2D eigenvalue weighted by Crippen LogP contribution is 2.26. The van der Waals surface area contributed by atoms with Gasteiger partial charge in [0.25, 0.3) is 0 Å². The molecule has 1 saturated heterocycles. The number of hydrogen-bond acceptors (Lipinski definition) is 11. The maximum Gasteiger partial charge on any atom is 0.397 e. The van der Waals surface area contributed by atoms with Gasteiger partial charge in [-0.15, -0.1) is 0 Å². The van der Waals surface area contributed by atoms with Crippen molar-refractivity contribution >= 4 is 16.4 Å². The van der Waals surface area contributed by atoms with Crippen LogP contribution in [0.4, 0.5) is 0 Å². The summed E-state index contributed by atoms with van der Waals surface area (Å²) in [6.07, 6.45) is 47.1. The van der Waals surface area contributed by atoms with E-state index in [1.807, 2.05) is 0 Å². The molecule has 12 nitrogen and oxygen atoms in total. The summed E-state index contributed by atoms with van der Waals surface area (Å²) in [6.45, 7) is 3.74. The molecule has 0 spiro atoms. The van der Waals surface area contributed by atoms with Crippen LogP contribution in [0.2, 0.25) is 0 Å². The summed E-state index contributed by atoms with van der Waals surface area (Å²) in [7, 11) is -5.07. The molecule has 66 heavy (non-hydrogen) atoms. The minimum absolute atomic E-state index is 0.00314. The number of allylic oxidation sites excluding steroid dienone is 10. The fraction of sp³-hybridized carbons (Fsp3) is 0.792. The van der Waals surface area contributed by atoms with Gasteiger partial charge >= 0.3 is 16.4 Å². The third-order valence-corrected chi connectivity index (χ3v) is 12.1. The lowest BCUT2D eigenvalue weighted by molar-refractivity contribution is -0.301. The van der Waals surface area contributed by atoms with E-state index in [-0.39, 0.29) is 19.6 Å². The molecule has 0 amide bonds. The van der Waals surface area contributed by atoms with E-state index in [1.54, 1.807) is 0 Å². The van der Waals surface area contributed by atoms with E-state index in [4.69, 9.17) is 18.9 Å². The highest BCUT2D eigenvalue weighted by molar-refractivity contribution is 7.80. The van der Waals surface area contributed by atoms with Crippen LogP contribution in [-0.4, -0.2) is 97.5 Å². The second kappa shape index (κ2) is 44.0. The van der Waals surface area contributed by atoms with E-state index in [9.17, 15) is 33.1 Å². The molecule has 1 aliphatic rings. The lowest BCUT2D eigenvalue weighted by Gasteiger charge is -2.41. The van der Waals surface area contributed by atoms with Gasteiger partial charge in [0.1, 0.15) is 30.5 Å². The average molecular weight is 955 g/mol. The largest absolute Gasteiger partial charge is 0.457 e. The topological polar surface area (TPSA) is 178 Å². The maximum absolute atomic E-state index is 12.9.